The number of aliphatic imine (C=N–C) groups is 1. The maximum absolute atomic E-state index is 11.8. The number of nitrogens with two attached hydrogens (primary N) is 1. The fourth-order valence-electron chi connectivity index (χ4n) is 3.71. The lowest BCUT2D eigenvalue weighted by Crippen LogP contribution is -2.34. The van der Waals surface area contributed by atoms with E-state index in [1.54, 1.807) is 6.21 Å². The zero-order chi connectivity index (χ0) is 16.6. The Morgan fingerprint density at radius 2 is 1.58 bits per heavy atom. The minimum absolute atomic E-state index is 0.303. The maximum Gasteiger partial charge on any atom is 0.246 e. The summed E-state index contributed by atoms with van der Waals surface area (Å²) in [6, 6.07) is 20.2. The minimum atomic E-state index is -0.545. The highest BCUT2D eigenvalue weighted by atomic mass is 16.1. The van der Waals surface area contributed by atoms with Gasteiger partial charge in [0.1, 0.15) is 0 Å². The van der Waals surface area contributed by atoms with Gasteiger partial charge in [-0.2, -0.15) is 0 Å². The Balaban J connectivity index is 1.86. The van der Waals surface area contributed by atoms with Crippen molar-refractivity contribution >= 4 is 12.1 Å². The van der Waals surface area contributed by atoms with Crippen molar-refractivity contribution in [1.29, 1.82) is 0 Å². The van der Waals surface area contributed by atoms with Gasteiger partial charge in [-0.05, 0) is 28.7 Å². The van der Waals surface area contributed by atoms with Crippen LogP contribution in [-0.4, -0.2) is 18.2 Å². The van der Waals surface area contributed by atoms with Crippen LogP contribution in [-0.2, 0) is 10.2 Å². The van der Waals surface area contributed by atoms with Gasteiger partial charge < -0.3 is 5.73 Å². The Morgan fingerprint density at radius 3 is 2.12 bits per heavy atom. The molecule has 0 aromatic heterocycles. The molecule has 1 atom stereocenters. The van der Waals surface area contributed by atoms with Crippen LogP contribution < -0.4 is 5.73 Å². The quantitative estimate of drug-likeness (QED) is 0.929. The summed E-state index contributed by atoms with van der Waals surface area (Å²) in [6.07, 6.45) is 6.78. The Labute approximate surface area is 141 Å². The standard InChI is InChI=1S/C21H18N2O/c22-20(24)19-18-13-21(12-11-15(18)14-23-19,16-7-3-1-4-8-16)17-9-5-2-6-10-17/h1-12,14,19H,13H2,(H2,22,24). The lowest BCUT2D eigenvalue weighted by atomic mass is 9.67. The molecule has 118 valence electrons. The molecule has 2 aromatic rings. The van der Waals surface area contributed by atoms with Crippen LogP contribution in [0.4, 0.5) is 0 Å². The van der Waals surface area contributed by atoms with Crippen molar-refractivity contribution in [1.82, 2.24) is 0 Å². The van der Waals surface area contributed by atoms with Crippen LogP contribution in [0.25, 0.3) is 0 Å². The van der Waals surface area contributed by atoms with Crippen LogP contribution in [0.3, 0.4) is 0 Å². The summed E-state index contributed by atoms with van der Waals surface area (Å²) in [5.41, 5.74) is 9.69. The molecule has 2 aliphatic rings. The normalized spacial score (nSPS) is 20.9. The number of amides is 1. The predicted octanol–water partition coefficient (Wildman–Crippen LogP) is 3.17. The van der Waals surface area contributed by atoms with Crippen LogP contribution in [0.2, 0.25) is 0 Å². The van der Waals surface area contributed by atoms with Crippen molar-refractivity contribution < 1.29 is 4.79 Å². The lowest BCUT2D eigenvalue weighted by molar-refractivity contribution is -0.118. The third-order valence-electron chi connectivity index (χ3n) is 4.93. The number of carbonyl (C=O) groups is 1. The van der Waals surface area contributed by atoms with Crippen LogP contribution in [0.1, 0.15) is 17.5 Å². The highest BCUT2D eigenvalue weighted by Crippen LogP contribution is 2.45. The summed E-state index contributed by atoms with van der Waals surface area (Å²) in [6.45, 7) is 0. The van der Waals surface area contributed by atoms with Gasteiger partial charge in [-0.1, -0.05) is 72.8 Å². The first-order chi connectivity index (χ1) is 11.7. The highest BCUT2D eigenvalue weighted by Gasteiger charge is 2.39. The van der Waals surface area contributed by atoms with Crippen molar-refractivity contribution in [2.75, 3.05) is 0 Å². The van der Waals surface area contributed by atoms with Gasteiger partial charge in [0.05, 0.1) is 0 Å². The van der Waals surface area contributed by atoms with E-state index in [0.29, 0.717) is 6.42 Å². The van der Waals surface area contributed by atoms with Crippen LogP contribution in [0, 0.1) is 0 Å². The van der Waals surface area contributed by atoms with Crippen LogP contribution >= 0.6 is 0 Å². The second kappa shape index (κ2) is 5.60. The fraction of sp³-hybridized carbons (Fsp3) is 0.143. The van der Waals surface area contributed by atoms with Crippen molar-refractivity contribution in [3.05, 3.63) is 95.1 Å². The maximum atomic E-state index is 11.8. The Hall–Kier alpha value is -2.94. The predicted molar refractivity (Wildman–Crippen MR) is 95.9 cm³/mol. The van der Waals surface area contributed by atoms with Gasteiger partial charge in [-0.3, -0.25) is 9.79 Å². The fourth-order valence-corrected chi connectivity index (χ4v) is 3.71. The zero-order valence-electron chi connectivity index (χ0n) is 13.2. The summed E-state index contributed by atoms with van der Waals surface area (Å²) in [5, 5.41) is 0. The molecule has 1 amide bonds. The number of benzene rings is 2. The molecule has 1 unspecified atom stereocenters. The molecular weight excluding hydrogens is 296 g/mol. The molecule has 0 fully saturated rings. The number of hydrogen-bond donors (Lipinski definition) is 1. The second-order valence-electron chi connectivity index (χ2n) is 6.28. The first-order valence-corrected chi connectivity index (χ1v) is 8.06. The second-order valence-corrected chi connectivity index (χ2v) is 6.28. The molecule has 24 heavy (non-hydrogen) atoms. The number of primary amides is 1. The topological polar surface area (TPSA) is 55.5 Å². The van der Waals surface area contributed by atoms with Gasteiger partial charge in [0.2, 0.25) is 5.91 Å². The number of hydrogen-bond acceptors (Lipinski definition) is 2. The molecule has 2 N–H and O–H groups in total. The summed E-state index contributed by atoms with van der Waals surface area (Å²) in [5.74, 6) is -0.387. The SMILES string of the molecule is NC(=O)C1N=CC2=C1CC(c1ccccc1)(c1ccccc1)C=C2. The summed E-state index contributed by atoms with van der Waals surface area (Å²) >= 11 is 0. The highest BCUT2D eigenvalue weighted by molar-refractivity contribution is 5.96. The minimum Gasteiger partial charge on any atom is -0.368 e. The summed E-state index contributed by atoms with van der Waals surface area (Å²) in [7, 11) is 0. The van der Waals surface area contributed by atoms with Crippen LogP contribution in [0.15, 0.2) is 89.0 Å². The van der Waals surface area contributed by atoms with E-state index in [2.05, 4.69) is 65.7 Å². The van der Waals surface area contributed by atoms with Gasteiger partial charge in [0.15, 0.2) is 6.04 Å². The largest absolute Gasteiger partial charge is 0.368 e. The molecule has 0 saturated carbocycles. The van der Waals surface area contributed by atoms with E-state index >= 15 is 0 Å². The van der Waals surface area contributed by atoms with Crippen molar-refractivity contribution in [2.45, 2.75) is 17.9 Å². The van der Waals surface area contributed by atoms with E-state index in [1.807, 2.05) is 12.1 Å². The Morgan fingerprint density at radius 1 is 1.00 bits per heavy atom. The Kier molecular flexibility index (Phi) is 3.42. The summed E-state index contributed by atoms with van der Waals surface area (Å²) in [4.78, 5) is 16.1. The molecule has 3 heteroatoms. The van der Waals surface area contributed by atoms with E-state index in [1.165, 1.54) is 11.1 Å². The van der Waals surface area contributed by atoms with Gasteiger partial charge in [-0.25, -0.2) is 0 Å². The van der Waals surface area contributed by atoms with Gasteiger partial charge in [-0.15, -0.1) is 0 Å². The average Bonchev–Trinajstić information content (AvgIpc) is 3.06. The molecule has 0 saturated heterocycles. The molecule has 1 heterocycles. The van der Waals surface area contributed by atoms with Gasteiger partial charge >= 0.3 is 0 Å². The average molecular weight is 314 g/mol. The van der Waals surface area contributed by atoms with Crippen molar-refractivity contribution in [3.63, 3.8) is 0 Å². The first kappa shape index (κ1) is 14.6. The third kappa shape index (κ3) is 2.21. The molecular formula is C21H18N2O. The zero-order valence-corrected chi connectivity index (χ0v) is 13.2. The van der Waals surface area contributed by atoms with E-state index < -0.39 is 6.04 Å². The van der Waals surface area contributed by atoms with E-state index in [0.717, 1.165) is 11.1 Å². The van der Waals surface area contributed by atoms with E-state index in [4.69, 9.17) is 5.73 Å². The monoisotopic (exact) mass is 314 g/mol. The molecule has 0 bridgehead atoms. The number of rotatable bonds is 3. The lowest BCUT2D eigenvalue weighted by Gasteiger charge is -2.36. The third-order valence-corrected chi connectivity index (χ3v) is 4.93. The molecule has 1 aliphatic carbocycles. The Bertz CT molecular complexity index is 824. The molecule has 3 nitrogen and oxygen atoms in total. The molecule has 0 radical (unpaired) electrons. The van der Waals surface area contributed by atoms with Gasteiger partial charge in [0.25, 0.3) is 0 Å². The van der Waals surface area contributed by atoms with Crippen molar-refractivity contribution in [3.8, 4) is 0 Å². The molecule has 0 spiro atoms. The molecule has 2 aromatic carbocycles. The molecule has 1 aliphatic heterocycles. The summed E-state index contributed by atoms with van der Waals surface area (Å²) < 4.78 is 0. The van der Waals surface area contributed by atoms with Crippen molar-refractivity contribution in [2.24, 2.45) is 10.7 Å². The van der Waals surface area contributed by atoms with Crippen LogP contribution in [0.5, 0.6) is 0 Å². The smallest absolute Gasteiger partial charge is 0.246 e. The number of allylic oxidation sites excluding steroid dienone is 3. The first-order valence-electron chi connectivity index (χ1n) is 8.06. The molecule has 4 rings (SSSR count). The van der Waals surface area contributed by atoms with E-state index in [9.17, 15) is 4.79 Å². The van der Waals surface area contributed by atoms with E-state index in [-0.39, 0.29) is 11.3 Å². The van der Waals surface area contributed by atoms with Gasteiger partial charge in [0, 0.05) is 11.6 Å². The number of nitrogens with zero attached hydrogens (tertiary/aromatic N) is 1. The number of carbonyl (C=O) groups excluding carboxylic acids is 1.